The number of pyridine rings is 1. The Morgan fingerprint density at radius 3 is 2.72 bits per heavy atom. The smallest absolute Gasteiger partial charge is 0.417 e. The van der Waals surface area contributed by atoms with Crippen LogP contribution in [0, 0.1) is 0 Å². The number of carboxylic acid groups (broad SMARTS) is 1. The van der Waals surface area contributed by atoms with Crippen molar-refractivity contribution in [1.82, 2.24) is 24.5 Å². The van der Waals surface area contributed by atoms with Gasteiger partial charge in [0.1, 0.15) is 11.3 Å². The fraction of sp³-hybridized carbons (Fsp3) is 0.0588. The number of nitrogens with zero attached hydrogens (tertiary/aromatic N) is 5. The van der Waals surface area contributed by atoms with Crippen LogP contribution in [0.25, 0.3) is 22.3 Å². The predicted molar refractivity (Wildman–Crippen MR) is 92.7 cm³/mol. The molecular formula is C17H12ClN5O2. The second-order valence-corrected chi connectivity index (χ2v) is 5.93. The van der Waals surface area contributed by atoms with E-state index in [1.54, 1.807) is 23.1 Å². The van der Waals surface area contributed by atoms with E-state index in [-0.39, 0.29) is 0 Å². The molecule has 25 heavy (non-hydrogen) atoms. The van der Waals surface area contributed by atoms with Crippen molar-refractivity contribution in [2.75, 3.05) is 0 Å². The van der Waals surface area contributed by atoms with E-state index in [0.717, 1.165) is 10.1 Å². The minimum Gasteiger partial charge on any atom is -0.464 e. The third-order valence-electron chi connectivity index (χ3n) is 3.84. The maximum Gasteiger partial charge on any atom is 0.417 e. The van der Waals surface area contributed by atoms with Gasteiger partial charge in [-0.2, -0.15) is 0 Å². The molecule has 4 aromatic rings. The topological polar surface area (TPSA) is 85.8 Å². The van der Waals surface area contributed by atoms with Crippen LogP contribution in [0.2, 0.25) is 5.02 Å². The van der Waals surface area contributed by atoms with Crippen LogP contribution < -0.4 is 0 Å². The average molecular weight is 354 g/mol. The molecule has 0 atom stereocenters. The number of rotatable bonds is 3. The Hall–Kier alpha value is -3.19. The molecule has 0 saturated carbocycles. The van der Waals surface area contributed by atoms with Gasteiger partial charge in [0, 0.05) is 28.4 Å². The molecule has 0 fully saturated rings. The lowest BCUT2D eigenvalue weighted by Crippen LogP contribution is -2.06. The molecular weight excluding hydrogens is 342 g/mol. The molecule has 124 valence electrons. The van der Waals surface area contributed by atoms with Gasteiger partial charge in [-0.1, -0.05) is 28.9 Å². The maximum atomic E-state index is 11.4. The van der Waals surface area contributed by atoms with Gasteiger partial charge in [0.15, 0.2) is 0 Å². The van der Waals surface area contributed by atoms with E-state index in [1.807, 2.05) is 30.3 Å². The highest BCUT2D eigenvalue weighted by molar-refractivity contribution is 6.30. The first-order valence-electron chi connectivity index (χ1n) is 7.46. The summed E-state index contributed by atoms with van der Waals surface area (Å²) in [7, 11) is 0. The average Bonchev–Trinajstić information content (AvgIpc) is 3.21. The van der Waals surface area contributed by atoms with Crippen LogP contribution in [0.1, 0.15) is 5.56 Å². The molecule has 0 aliphatic rings. The van der Waals surface area contributed by atoms with Gasteiger partial charge in [-0.3, -0.25) is 0 Å². The molecule has 3 heterocycles. The molecule has 8 heteroatoms. The van der Waals surface area contributed by atoms with Crippen molar-refractivity contribution < 1.29 is 9.90 Å². The first-order valence-corrected chi connectivity index (χ1v) is 7.84. The van der Waals surface area contributed by atoms with Crippen molar-refractivity contribution in [3.8, 4) is 11.3 Å². The number of fused-ring (bicyclic) bond motifs is 1. The fourth-order valence-corrected chi connectivity index (χ4v) is 2.81. The number of halogens is 1. The second kappa shape index (κ2) is 6.03. The van der Waals surface area contributed by atoms with Gasteiger partial charge in [0.2, 0.25) is 0 Å². The minimum absolute atomic E-state index is 0.372. The molecule has 0 spiro atoms. The Morgan fingerprint density at radius 1 is 1.16 bits per heavy atom. The lowest BCUT2D eigenvalue weighted by molar-refractivity contribution is 0.197. The van der Waals surface area contributed by atoms with E-state index in [2.05, 4.69) is 15.3 Å². The Balaban J connectivity index is 1.71. The van der Waals surface area contributed by atoms with E-state index in [4.69, 9.17) is 11.6 Å². The molecule has 0 aliphatic carbocycles. The van der Waals surface area contributed by atoms with E-state index in [9.17, 15) is 9.90 Å². The highest BCUT2D eigenvalue weighted by atomic mass is 35.5. The molecule has 0 unspecified atom stereocenters. The fourth-order valence-electron chi connectivity index (χ4n) is 2.68. The van der Waals surface area contributed by atoms with E-state index >= 15 is 0 Å². The Labute approximate surface area is 147 Å². The first-order chi connectivity index (χ1) is 12.1. The van der Waals surface area contributed by atoms with Gasteiger partial charge in [-0.05, 0) is 29.8 Å². The van der Waals surface area contributed by atoms with Crippen LogP contribution in [-0.2, 0) is 6.54 Å². The van der Waals surface area contributed by atoms with Crippen LogP contribution in [0.15, 0.2) is 55.0 Å². The Kier molecular flexibility index (Phi) is 3.70. The number of benzene rings is 1. The monoisotopic (exact) mass is 353 g/mol. The predicted octanol–water partition coefficient (Wildman–Crippen LogP) is 3.52. The summed E-state index contributed by atoms with van der Waals surface area (Å²) in [4.78, 5) is 15.6. The van der Waals surface area contributed by atoms with Crippen molar-refractivity contribution in [3.63, 3.8) is 0 Å². The minimum atomic E-state index is -1.09. The lowest BCUT2D eigenvalue weighted by atomic mass is 10.2. The quantitative estimate of drug-likeness (QED) is 0.609. The number of carbonyl (C=O) groups is 1. The zero-order valence-electron chi connectivity index (χ0n) is 12.9. The number of hydrogen-bond donors (Lipinski definition) is 1. The number of hydrogen-bond acceptors (Lipinski definition) is 4. The molecule has 7 nitrogen and oxygen atoms in total. The van der Waals surface area contributed by atoms with Crippen LogP contribution in [-0.4, -0.2) is 35.7 Å². The van der Waals surface area contributed by atoms with Crippen LogP contribution >= 0.6 is 11.6 Å². The van der Waals surface area contributed by atoms with Gasteiger partial charge < -0.3 is 5.11 Å². The summed E-state index contributed by atoms with van der Waals surface area (Å²) in [6.45, 7) is 0.542. The van der Waals surface area contributed by atoms with Crippen molar-refractivity contribution >= 4 is 28.7 Å². The molecule has 0 amide bonds. The zero-order chi connectivity index (χ0) is 17.4. The standard InChI is InChI=1S/C17H12ClN5O2/c18-12-5-3-11(4-6-12)8-22-10-15(20-21-22)14-9-23(17(24)25)16-13(14)2-1-7-19-16/h1-7,9-10H,8H2,(H,24,25). The summed E-state index contributed by atoms with van der Waals surface area (Å²) in [6, 6.07) is 11.1. The van der Waals surface area contributed by atoms with Crippen molar-refractivity contribution in [1.29, 1.82) is 0 Å². The van der Waals surface area contributed by atoms with E-state index in [1.165, 1.54) is 6.20 Å². The van der Waals surface area contributed by atoms with Gasteiger partial charge in [0.25, 0.3) is 0 Å². The third-order valence-corrected chi connectivity index (χ3v) is 4.09. The van der Waals surface area contributed by atoms with Gasteiger partial charge >= 0.3 is 6.09 Å². The highest BCUT2D eigenvalue weighted by Gasteiger charge is 2.17. The normalized spacial score (nSPS) is 11.1. The van der Waals surface area contributed by atoms with Crippen molar-refractivity contribution in [2.45, 2.75) is 6.54 Å². The van der Waals surface area contributed by atoms with Gasteiger partial charge in [-0.15, -0.1) is 5.10 Å². The summed E-state index contributed by atoms with van der Waals surface area (Å²) in [5, 5.41) is 19.0. The summed E-state index contributed by atoms with van der Waals surface area (Å²) in [5.74, 6) is 0. The molecule has 0 saturated heterocycles. The number of aromatic nitrogens is 5. The first kappa shape index (κ1) is 15.3. The van der Waals surface area contributed by atoms with Crippen LogP contribution in [0.3, 0.4) is 0 Å². The molecule has 1 N–H and O–H groups in total. The summed E-state index contributed by atoms with van der Waals surface area (Å²) < 4.78 is 2.78. The van der Waals surface area contributed by atoms with Crippen LogP contribution in [0.4, 0.5) is 4.79 Å². The lowest BCUT2D eigenvalue weighted by Gasteiger charge is -2.00. The highest BCUT2D eigenvalue weighted by Crippen LogP contribution is 2.28. The molecule has 0 bridgehead atoms. The molecule has 3 aromatic heterocycles. The largest absolute Gasteiger partial charge is 0.464 e. The van der Waals surface area contributed by atoms with Crippen LogP contribution in [0.5, 0.6) is 0 Å². The molecule has 4 rings (SSSR count). The van der Waals surface area contributed by atoms with E-state index < -0.39 is 6.09 Å². The van der Waals surface area contributed by atoms with Crippen molar-refractivity contribution in [2.24, 2.45) is 0 Å². The van der Waals surface area contributed by atoms with E-state index in [0.29, 0.717) is 33.9 Å². The second-order valence-electron chi connectivity index (χ2n) is 5.50. The summed E-state index contributed by atoms with van der Waals surface area (Å²) in [6.07, 6.45) is 3.76. The molecule has 0 aliphatic heterocycles. The molecule has 0 radical (unpaired) electrons. The zero-order valence-corrected chi connectivity index (χ0v) is 13.6. The maximum absolute atomic E-state index is 11.4. The Bertz CT molecular complexity index is 1070. The SMILES string of the molecule is O=C(O)n1cc(-c2cn(Cc3ccc(Cl)cc3)nn2)c2cccnc21. The molecule has 1 aromatic carbocycles. The van der Waals surface area contributed by atoms with Gasteiger partial charge in [-0.25, -0.2) is 19.0 Å². The Morgan fingerprint density at radius 2 is 1.96 bits per heavy atom. The third kappa shape index (κ3) is 2.85. The summed E-state index contributed by atoms with van der Waals surface area (Å²) in [5.41, 5.74) is 2.67. The van der Waals surface area contributed by atoms with Gasteiger partial charge in [0.05, 0.1) is 12.7 Å². The summed E-state index contributed by atoms with van der Waals surface area (Å²) >= 11 is 5.89. The van der Waals surface area contributed by atoms with Crippen molar-refractivity contribution in [3.05, 3.63) is 65.6 Å².